The number of benzene rings is 1. The lowest BCUT2D eigenvalue weighted by Gasteiger charge is -2.12. The molecule has 0 radical (unpaired) electrons. The van der Waals surface area contributed by atoms with E-state index in [4.69, 9.17) is 0 Å². The molecule has 1 fully saturated rings. The number of urea groups is 1. The Balaban J connectivity index is 2.00. The molecule has 1 aromatic rings. The molecule has 8 nitrogen and oxygen atoms in total. The van der Waals surface area contributed by atoms with E-state index in [2.05, 4.69) is 10.6 Å². The van der Waals surface area contributed by atoms with E-state index in [-0.39, 0.29) is 22.9 Å². The van der Waals surface area contributed by atoms with Crippen LogP contribution >= 0.6 is 0 Å². The van der Waals surface area contributed by atoms with Gasteiger partial charge in [-0.05, 0) is 19.4 Å². The zero-order valence-electron chi connectivity index (χ0n) is 11.3. The zero-order valence-corrected chi connectivity index (χ0v) is 12.1. The van der Waals surface area contributed by atoms with Crippen molar-refractivity contribution in [1.82, 2.24) is 5.32 Å². The number of nitrogens with zero attached hydrogens (tertiary/aromatic N) is 1. The first-order valence-corrected chi connectivity index (χ1v) is 8.12. The summed E-state index contributed by atoms with van der Waals surface area (Å²) in [5.74, 6) is -0.0115. The fourth-order valence-electron chi connectivity index (χ4n) is 2.15. The van der Waals surface area contributed by atoms with E-state index in [1.807, 2.05) is 0 Å². The van der Waals surface area contributed by atoms with E-state index >= 15 is 0 Å². The summed E-state index contributed by atoms with van der Waals surface area (Å²) in [6.07, 6.45) is 0.379. The number of amides is 2. The second-order valence-corrected chi connectivity index (χ2v) is 7.19. The van der Waals surface area contributed by atoms with Gasteiger partial charge in [-0.3, -0.25) is 10.1 Å². The number of hydrogen-bond donors (Lipinski definition) is 2. The minimum absolute atomic E-state index is 0.0634. The first-order valence-electron chi connectivity index (χ1n) is 6.30. The maximum Gasteiger partial charge on any atom is 0.319 e. The topological polar surface area (TPSA) is 118 Å². The van der Waals surface area contributed by atoms with Gasteiger partial charge in [0.25, 0.3) is 5.69 Å². The van der Waals surface area contributed by atoms with E-state index in [0.29, 0.717) is 12.0 Å². The number of nitrogens with one attached hydrogen (secondary N) is 2. The average Bonchev–Trinajstić information content (AvgIpc) is 2.70. The maximum atomic E-state index is 11.8. The first kappa shape index (κ1) is 15.2. The molecule has 2 amide bonds. The second-order valence-electron chi connectivity index (χ2n) is 4.96. The number of sulfone groups is 1. The molecule has 0 aromatic heterocycles. The van der Waals surface area contributed by atoms with Crippen LogP contribution in [-0.4, -0.2) is 36.9 Å². The van der Waals surface area contributed by atoms with E-state index in [1.165, 1.54) is 12.1 Å². The Morgan fingerprint density at radius 2 is 2.14 bits per heavy atom. The summed E-state index contributed by atoms with van der Waals surface area (Å²) in [5, 5.41) is 15.8. The van der Waals surface area contributed by atoms with Crippen molar-refractivity contribution in [1.29, 1.82) is 0 Å². The Morgan fingerprint density at radius 3 is 2.71 bits per heavy atom. The number of carbonyl (C=O) groups is 1. The quantitative estimate of drug-likeness (QED) is 0.642. The third kappa shape index (κ3) is 3.91. The van der Waals surface area contributed by atoms with Crippen LogP contribution < -0.4 is 10.6 Å². The summed E-state index contributed by atoms with van der Waals surface area (Å²) < 4.78 is 22.6. The van der Waals surface area contributed by atoms with Crippen LogP contribution in [0.15, 0.2) is 18.2 Å². The normalized spacial score (nSPS) is 20.0. The van der Waals surface area contributed by atoms with Crippen LogP contribution in [0.3, 0.4) is 0 Å². The fraction of sp³-hybridized carbons (Fsp3) is 0.417. The van der Waals surface area contributed by atoms with Crippen molar-refractivity contribution in [3.63, 3.8) is 0 Å². The standard InChI is InChI=1S/C12H15N3O5S/c1-8-2-3-9(6-11(8)15(17)18)13-12(16)14-10-4-5-21(19,20)7-10/h2-3,6,10H,4-5,7H2,1H3,(H2,13,14,16). The summed E-state index contributed by atoms with van der Waals surface area (Å²) in [7, 11) is -3.07. The molecular formula is C12H15N3O5S. The number of hydrogen-bond acceptors (Lipinski definition) is 5. The Kier molecular flexibility index (Phi) is 4.12. The van der Waals surface area contributed by atoms with Gasteiger partial charge in [0.1, 0.15) is 0 Å². The van der Waals surface area contributed by atoms with Crippen molar-refractivity contribution in [2.24, 2.45) is 0 Å². The summed E-state index contributed by atoms with van der Waals surface area (Å²) in [6.45, 7) is 1.60. The van der Waals surface area contributed by atoms with Gasteiger partial charge in [-0.2, -0.15) is 0 Å². The molecule has 0 spiro atoms. The molecule has 2 rings (SSSR count). The van der Waals surface area contributed by atoms with Gasteiger partial charge in [0.15, 0.2) is 9.84 Å². The Hall–Kier alpha value is -2.16. The molecule has 2 N–H and O–H groups in total. The van der Waals surface area contributed by atoms with Crippen molar-refractivity contribution in [3.05, 3.63) is 33.9 Å². The van der Waals surface area contributed by atoms with Crippen LogP contribution in [0.1, 0.15) is 12.0 Å². The van der Waals surface area contributed by atoms with Crippen molar-refractivity contribution < 1.29 is 18.1 Å². The van der Waals surface area contributed by atoms with Gasteiger partial charge in [0.2, 0.25) is 0 Å². The van der Waals surface area contributed by atoms with Crippen molar-refractivity contribution in [2.75, 3.05) is 16.8 Å². The molecule has 1 aromatic carbocycles. The molecule has 1 atom stereocenters. The zero-order chi connectivity index (χ0) is 15.6. The number of aryl methyl sites for hydroxylation is 1. The Labute approximate surface area is 121 Å². The molecule has 114 valence electrons. The molecule has 0 aliphatic carbocycles. The van der Waals surface area contributed by atoms with Gasteiger partial charge in [0, 0.05) is 23.4 Å². The third-order valence-electron chi connectivity index (χ3n) is 3.23. The highest BCUT2D eigenvalue weighted by Gasteiger charge is 2.28. The van der Waals surface area contributed by atoms with Crippen LogP contribution in [-0.2, 0) is 9.84 Å². The minimum atomic E-state index is -3.07. The number of carbonyl (C=O) groups excluding carboxylic acids is 1. The molecule has 9 heteroatoms. The van der Waals surface area contributed by atoms with E-state index in [0.717, 1.165) is 0 Å². The van der Waals surface area contributed by atoms with Gasteiger partial charge in [-0.1, -0.05) is 6.07 Å². The molecule has 1 saturated heterocycles. The highest BCUT2D eigenvalue weighted by molar-refractivity contribution is 7.91. The molecule has 0 bridgehead atoms. The Bertz CT molecular complexity index is 686. The van der Waals surface area contributed by atoms with Gasteiger partial charge in [0.05, 0.1) is 16.4 Å². The second kappa shape index (κ2) is 5.68. The number of nitro benzene ring substituents is 1. The monoisotopic (exact) mass is 313 g/mol. The smallest absolute Gasteiger partial charge is 0.319 e. The summed E-state index contributed by atoms with van der Waals surface area (Å²) in [6, 6.07) is 3.35. The lowest BCUT2D eigenvalue weighted by atomic mass is 10.2. The predicted molar refractivity (Wildman–Crippen MR) is 77.0 cm³/mol. The van der Waals surface area contributed by atoms with E-state index < -0.39 is 26.8 Å². The third-order valence-corrected chi connectivity index (χ3v) is 5.00. The minimum Gasteiger partial charge on any atom is -0.334 e. The Morgan fingerprint density at radius 1 is 1.43 bits per heavy atom. The van der Waals surface area contributed by atoms with Gasteiger partial charge in [-0.15, -0.1) is 0 Å². The predicted octanol–water partition coefficient (Wildman–Crippen LogP) is 1.21. The highest BCUT2D eigenvalue weighted by Crippen LogP contribution is 2.22. The molecular weight excluding hydrogens is 298 g/mol. The number of rotatable bonds is 3. The molecule has 21 heavy (non-hydrogen) atoms. The molecule has 1 heterocycles. The van der Waals surface area contributed by atoms with Crippen LogP contribution in [0.4, 0.5) is 16.2 Å². The van der Waals surface area contributed by atoms with Gasteiger partial charge in [-0.25, -0.2) is 13.2 Å². The van der Waals surface area contributed by atoms with Crippen molar-refractivity contribution >= 4 is 27.2 Å². The highest BCUT2D eigenvalue weighted by atomic mass is 32.2. The molecule has 0 saturated carbocycles. The average molecular weight is 313 g/mol. The molecule has 1 aliphatic heterocycles. The number of anilines is 1. The van der Waals surface area contributed by atoms with Gasteiger partial charge >= 0.3 is 6.03 Å². The van der Waals surface area contributed by atoms with Crippen molar-refractivity contribution in [2.45, 2.75) is 19.4 Å². The lowest BCUT2D eigenvalue weighted by molar-refractivity contribution is -0.385. The van der Waals surface area contributed by atoms with E-state index in [9.17, 15) is 23.3 Å². The number of nitro groups is 1. The van der Waals surface area contributed by atoms with Crippen LogP contribution in [0, 0.1) is 17.0 Å². The summed E-state index contributed by atoms with van der Waals surface area (Å²) in [4.78, 5) is 22.1. The lowest BCUT2D eigenvalue weighted by Crippen LogP contribution is -2.38. The van der Waals surface area contributed by atoms with E-state index in [1.54, 1.807) is 13.0 Å². The molecule has 1 aliphatic rings. The molecule has 1 unspecified atom stereocenters. The first-order chi connectivity index (χ1) is 9.77. The van der Waals surface area contributed by atoms with Gasteiger partial charge < -0.3 is 10.6 Å². The summed E-state index contributed by atoms with van der Waals surface area (Å²) >= 11 is 0. The SMILES string of the molecule is Cc1ccc(NC(=O)NC2CCS(=O)(=O)C2)cc1[N+](=O)[O-]. The van der Waals surface area contributed by atoms with Crippen LogP contribution in [0.2, 0.25) is 0 Å². The summed E-state index contributed by atoms with van der Waals surface area (Å²) in [5.41, 5.74) is 0.690. The van der Waals surface area contributed by atoms with Crippen molar-refractivity contribution in [3.8, 4) is 0 Å². The fourth-order valence-corrected chi connectivity index (χ4v) is 3.82. The van der Waals surface area contributed by atoms with Crippen LogP contribution in [0.5, 0.6) is 0 Å². The largest absolute Gasteiger partial charge is 0.334 e. The van der Waals surface area contributed by atoms with Crippen LogP contribution in [0.25, 0.3) is 0 Å². The maximum absolute atomic E-state index is 11.8.